The van der Waals surface area contributed by atoms with E-state index in [4.69, 9.17) is 4.99 Å². The first-order chi connectivity index (χ1) is 9.74. The van der Waals surface area contributed by atoms with Crippen LogP contribution in [0.1, 0.15) is 52.4 Å². The van der Waals surface area contributed by atoms with Gasteiger partial charge in [0.25, 0.3) is 0 Å². The SMILES string of the molecule is CCCC1C2CCC(C(=O)CC)N=C2CC2CNCC21. The highest BCUT2D eigenvalue weighted by Gasteiger charge is 2.45. The number of hydrogen-bond donors (Lipinski definition) is 1. The fraction of sp³-hybridized carbons (Fsp3) is 0.882. The minimum absolute atomic E-state index is 0.0144. The van der Waals surface area contributed by atoms with E-state index in [2.05, 4.69) is 12.2 Å². The minimum atomic E-state index is -0.0144. The third kappa shape index (κ3) is 2.45. The predicted octanol–water partition coefficient (Wildman–Crippen LogP) is 2.84. The zero-order valence-electron chi connectivity index (χ0n) is 12.9. The van der Waals surface area contributed by atoms with Crippen LogP contribution in [0.4, 0.5) is 0 Å². The van der Waals surface area contributed by atoms with E-state index < -0.39 is 0 Å². The van der Waals surface area contributed by atoms with Crippen molar-refractivity contribution in [2.45, 2.75) is 58.4 Å². The lowest BCUT2D eigenvalue weighted by molar-refractivity contribution is -0.120. The lowest BCUT2D eigenvalue weighted by Gasteiger charge is -2.43. The molecule has 2 fully saturated rings. The van der Waals surface area contributed by atoms with E-state index in [-0.39, 0.29) is 6.04 Å². The molecule has 1 saturated heterocycles. The van der Waals surface area contributed by atoms with E-state index in [0.29, 0.717) is 18.1 Å². The summed E-state index contributed by atoms with van der Waals surface area (Å²) in [5, 5.41) is 3.59. The normalized spacial score (nSPS) is 39.9. The summed E-state index contributed by atoms with van der Waals surface area (Å²) in [6, 6.07) is -0.0144. The topological polar surface area (TPSA) is 41.5 Å². The Morgan fingerprint density at radius 3 is 2.90 bits per heavy atom. The lowest BCUT2D eigenvalue weighted by atomic mass is 9.63. The molecule has 3 heteroatoms. The number of carbonyl (C=O) groups excluding carboxylic acids is 1. The second kappa shape index (κ2) is 5.97. The maximum atomic E-state index is 12.0. The highest BCUT2D eigenvalue weighted by atomic mass is 16.1. The van der Waals surface area contributed by atoms with Crippen LogP contribution in [0.25, 0.3) is 0 Å². The molecule has 2 heterocycles. The smallest absolute Gasteiger partial charge is 0.157 e. The molecule has 20 heavy (non-hydrogen) atoms. The van der Waals surface area contributed by atoms with Crippen LogP contribution in [0.3, 0.4) is 0 Å². The number of hydrogen-bond acceptors (Lipinski definition) is 3. The van der Waals surface area contributed by atoms with Crippen LogP contribution in [0.2, 0.25) is 0 Å². The molecule has 5 unspecified atom stereocenters. The summed E-state index contributed by atoms with van der Waals surface area (Å²) in [6.07, 6.45) is 6.58. The third-order valence-corrected chi connectivity index (χ3v) is 5.77. The van der Waals surface area contributed by atoms with Gasteiger partial charge in [-0.05, 0) is 56.5 Å². The number of fused-ring (bicyclic) bond motifs is 2. The van der Waals surface area contributed by atoms with Gasteiger partial charge < -0.3 is 5.32 Å². The highest BCUT2D eigenvalue weighted by Crippen LogP contribution is 2.45. The van der Waals surface area contributed by atoms with Gasteiger partial charge in [0.1, 0.15) is 6.04 Å². The molecule has 0 aromatic heterocycles. The Labute approximate surface area is 122 Å². The van der Waals surface area contributed by atoms with E-state index in [1.54, 1.807) is 0 Å². The number of nitrogens with zero attached hydrogens (tertiary/aromatic N) is 1. The van der Waals surface area contributed by atoms with Gasteiger partial charge in [0.15, 0.2) is 5.78 Å². The van der Waals surface area contributed by atoms with Gasteiger partial charge in [-0.25, -0.2) is 0 Å². The molecule has 1 aliphatic carbocycles. The number of carbonyl (C=O) groups is 1. The summed E-state index contributed by atoms with van der Waals surface area (Å²) < 4.78 is 0. The first kappa shape index (κ1) is 14.2. The van der Waals surface area contributed by atoms with E-state index >= 15 is 0 Å². The van der Waals surface area contributed by atoms with Crippen LogP contribution < -0.4 is 5.32 Å². The Morgan fingerprint density at radius 1 is 1.30 bits per heavy atom. The number of aliphatic imine (C=N–C) groups is 1. The summed E-state index contributed by atoms with van der Waals surface area (Å²) >= 11 is 0. The number of nitrogens with one attached hydrogen (secondary N) is 1. The van der Waals surface area contributed by atoms with Gasteiger partial charge in [0.2, 0.25) is 0 Å². The maximum absolute atomic E-state index is 12.0. The van der Waals surface area contributed by atoms with Crippen LogP contribution in [0.5, 0.6) is 0 Å². The fourth-order valence-electron chi connectivity index (χ4n) is 4.79. The Kier molecular flexibility index (Phi) is 4.25. The Bertz CT molecular complexity index is 404. The summed E-state index contributed by atoms with van der Waals surface area (Å²) in [5.41, 5.74) is 1.39. The molecule has 1 N–H and O–H groups in total. The van der Waals surface area contributed by atoms with Crippen molar-refractivity contribution < 1.29 is 4.79 Å². The van der Waals surface area contributed by atoms with Gasteiger partial charge in [-0.1, -0.05) is 20.3 Å². The summed E-state index contributed by atoms with van der Waals surface area (Å²) in [6.45, 7) is 6.63. The Hall–Kier alpha value is -0.700. The van der Waals surface area contributed by atoms with E-state index in [0.717, 1.165) is 37.1 Å². The molecule has 3 rings (SSSR count). The molecule has 0 bridgehead atoms. The molecule has 0 aromatic carbocycles. The van der Waals surface area contributed by atoms with E-state index in [1.807, 2.05) is 6.92 Å². The van der Waals surface area contributed by atoms with Crippen molar-refractivity contribution in [1.82, 2.24) is 5.32 Å². The van der Waals surface area contributed by atoms with E-state index in [1.165, 1.54) is 31.5 Å². The molecule has 3 aliphatic rings. The van der Waals surface area contributed by atoms with Gasteiger partial charge in [-0.2, -0.15) is 0 Å². The average molecular weight is 276 g/mol. The summed E-state index contributed by atoms with van der Waals surface area (Å²) in [5.74, 6) is 3.46. The molecule has 0 radical (unpaired) electrons. The molecule has 0 aromatic rings. The van der Waals surface area contributed by atoms with Gasteiger partial charge in [0.05, 0.1) is 0 Å². The van der Waals surface area contributed by atoms with Crippen LogP contribution in [-0.2, 0) is 4.79 Å². The van der Waals surface area contributed by atoms with Crippen molar-refractivity contribution >= 4 is 11.5 Å². The molecule has 5 atom stereocenters. The maximum Gasteiger partial charge on any atom is 0.157 e. The van der Waals surface area contributed by atoms with Crippen LogP contribution in [-0.4, -0.2) is 30.6 Å². The Balaban J connectivity index is 1.83. The standard InChI is InChI=1S/C17H28N2O/c1-3-5-12-13-6-7-15(17(20)4-2)19-16(13)8-11-9-18-10-14(11)12/h11-15,18H,3-10H2,1-2H3. The lowest BCUT2D eigenvalue weighted by Crippen LogP contribution is -2.43. The molecular formula is C17H28N2O. The van der Waals surface area contributed by atoms with Gasteiger partial charge in [-0.15, -0.1) is 0 Å². The molecule has 3 nitrogen and oxygen atoms in total. The second-order valence-electron chi connectivity index (χ2n) is 6.88. The molecular weight excluding hydrogens is 248 g/mol. The van der Waals surface area contributed by atoms with Gasteiger partial charge in [0, 0.05) is 18.1 Å². The van der Waals surface area contributed by atoms with E-state index in [9.17, 15) is 4.79 Å². The number of ketones is 1. The molecule has 0 amide bonds. The summed E-state index contributed by atoms with van der Waals surface area (Å²) in [4.78, 5) is 16.9. The molecule has 2 aliphatic heterocycles. The van der Waals surface area contributed by atoms with Crippen molar-refractivity contribution in [3.8, 4) is 0 Å². The number of rotatable bonds is 4. The first-order valence-corrected chi connectivity index (χ1v) is 8.54. The zero-order valence-corrected chi connectivity index (χ0v) is 12.9. The molecule has 1 saturated carbocycles. The van der Waals surface area contributed by atoms with Gasteiger partial charge >= 0.3 is 0 Å². The average Bonchev–Trinajstić information content (AvgIpc) is 2.93. The van der Waals surface area contributed by atoms with Crippen LogP contribution in [0.15, 0.2) is 4.99 Å². The monoisotopic (exact) mass is 276 g/mol. The zero-order chi connectivity index (χ0) is 14.1. The predicted molar refractivity (Wildman–Crippen MR) is 82.1 cm³/mol. The minimum Gasteiger partial charge on any atom is -0.316 e. The second-order valence-corrected chi connectivity index (χ2v) is 6.88. The number of Topliss-reactive ketones (excluding diaryl/α,β-unsaturated/α-hetero) is 1. The van der Waals surface area contributed by atoms with Crippen molar-refractivity contribution in [1.29, 1.82) is 0 Å². The van der Waals surface area contributed by atoms with Crippen molar-refractivity contribution in [2.75, 3.05) is 13.1 Å². The van der Waals surface area contributed by atoms with Crippen molar-refractivity contribution in [2.24, 2.45) is 28.7 Å². The van der Waals surface area contributed by atoms with Gasteiger partial charge in [-0.3, -0.25) is 9.79 Å². The first-order valence-electron chi connectivity index (χ1n) is 8.54. The van der Waals surface area contributed by atoms with Crippen molar-refractivity contribution in [3.63, 3.8) is 0 Å². The van der Waals surface area contributed by atoms with Crippen LogP contribution in [0, 0.1) is 23.7 Å². The molecule has 112 valence electrons. The Morgan fingerprint density at radius 2 is 2.15 bits per heavy atom. The largest absolute Gasteiger partial charge is 0.316 e. The highest BCUT2D eigenvalue weighted by molar-refractivity contribution is 5.93. The van der Waals surface area contributed by atoms with Crippen LogP contribution >= 0.6 is 0 Å². The third-order valence-electron chi connectivity index (χ3n) is 5.77. The molecule has 0 spiro atoms. The summed E-state index contributed by atoms with van der Waals surface area (Å²) in [7, 11) is 0. The fourth-order valence-corrected chi connectivity index (χ4v) is 4.79. The quantitative estimate of drug-likeness (QED) is 0.858. The van der Waals surface area contributed by atoms with Crippen molar-refractivity contribution in [3.05, 3.63) is 0 Å².